The van der Waals surface area contributed by atoms with E-state index >= 15 is 0 Å². The van der Waals surface area contributed by atoms with E-state index in [1.165, 1.54) is 11.1 Å². The van der Waals surface area contributed by atoms with Crippen molar-refractivity contribution in [3.8, 4) is 17.2 Å². The molecule has 2 heterocycles. The number of hydrogen-bond acceptors (Lipinski definition) is 4. The summed E-state index contributed by atoms with van der Waals surface area (Å²) in [6.07, 6.45) is 0.995. The highest BCUT2D eigenvalue weighted by Crippen LogP contribution is 2.33. The molecule has 2 aromatic carbocycles. The molecular weight excluding hydrogens is 254 g/mol. The van der Waals surface area contributed by atoms with E-state index in [1.54, 1.807) is 0 Å². The van der Waals surface area contributed by atoms with Crippen LogP contribution >= 0.6 is 0 Å². The Morgan fingerprint density at radius 1 is 0.900 bits per heavy atom. The summed E-state index contributed by atoms with van der Waals surface area (Å²) in [4.78, 5) is 0. The molecule has 2 aliphatic rings. The Labute approximate surface area is 117 Å². The van der Waals surface area contributed by atoms with Gasteiger partial charge in [-0.25, -0.2) is 0 Å². The molecule has 0 aliphatic carbocycles. The van der Waals surface area contributed by atoms with E-state index in [0.717, 1.165) is 42.5 Å². The first kappa shape index (κ1) is 11.5. The van der Waals surface area contributed by atoms with Gasteiger partial charge in [0.2, 0.25) is 6.79 Å². The number of fused-ring (bicyclic) bond motifs is 2. The monoisotopic (exact) mass is 269 g/mol. The van der Waals surface area contributed by atoms with Crippen molar-refractivity contribution < 1.29 is 14.2 Å². The SMILES string of the molecule is c1cc2c(cc1CNc1ccc3c(c1)CCO3)OCO2. The van der Waals surface area contributed by atoms with Crippen LogP contribution in [0.5, 0.6) is 17.2 Å². The molecule has 4 nitrogen and oxygen atoms in total. The maximum atomic E-state index is 5.51. The first-order valence-electron chi connectivity index (χ1n) is 6.77. The van der Waals surface area contributed by atoms with Gasteiger partial charge < -0.3 is 19.5 Å². The van der Waals surface area contributed by atoms with Crippen LogP contribution < -0.4 is 19.5 Å². The van der Waals surface area contributed by atoms with Crippen LogP contribution in [0.25, 0.3) is 0 Å². The van der Waals surface area contributed by atoms with Gasteiger partial charge >= 0.3 is 0 Å². The lowest BCUT2D eigenvalue weighted by Crippen LogP contribution is -1.99. The quantitative estimate of drug-likeness (QED) is 0.930. The van der Waals surface area contributed by atoms with Crippen LogP contribution in [0.4, 0.5) is 5.69 Å². The minimum absolute atomic E-state index is 0.317. The van der Waals surface area contributed by atoms with Crippen molar-refractivity contribution in [3.05, 3.63) is 47.5 Å². The number of nitrogens with one attached hydrogen (secondary N) is 1. The highest BCUT2D eigenvalue weighted by molar-refractivity contribution is 5.53. The molecule has 4 heteroatoms. The summed E-state index contributed by atoms with van der Waals surface area (Å²) in [6.45, 7) is 1.87. The van der Waals surface area contributed by atoms with Crippen molar-refractivity contribution >= 4 is 5.69 Å². The normalized spacial score (nSPS) is 14.8. The lowest BCUT2D eigenvalue weighted by atomic mass is 10.1. The lowest BCUT2D eigenvalue weighted by molar-refractivity contribution is 0.174. The number of ether oxygens (including phenoxy) is 3. The molecule has 0 spiro atoms. The smallest absolute Gasteiger partial charge is 0.231 e. The number of benzene rings is 2. The second kappa shape index (κ2) is 4.63. The summed E-state index contributed by atoms with van der Waals surface area (Å²) in [6, 6.07) is 12.3. The van der Waals surface area contributed by atoms with E-state index in [0.29, 0.717) is 6.79 Å². The van der Waals surface area contributed by atoms with E-state index in [-0.39, 0.29) is 0 Å². The Kier molecular flexibility index (Phi) is 2.66. The maximum Gasteiger partial charge on any atom is 0.231 e. The fourth-order valence-electron chi connectivity index (χ4n) is 2.55. The van der Waals surface area contributed by atoms with Gasteiger partial charge in [-0.05, 0) is 41.5 Å². The van der Waals surface area contributed by atoms with Gasteiger partial charge in [0, 0.05) is 18.7 Å². The van der Waals surface area contributed by atoms with Crippen LogP contribution in [0.3, 0.4) is 0 Å². The molecular formula is C16H15NO3. The molecule has 2 aromatic rings. The van der Waals surface area contributed by atoms with Gasteiger partial charge in [0.05, 0.1) is 6.61 Å². The topological polar surface area (TPSA) is 39.7 Å². The van der Waals surface area contributed by atoms with Gasteiger partial charge in [-0.1, -0.05) is 6.07 Å². The van der Waals surface area contributed by atoms with Crippen molar-refractivity contribution in [3.63, 3.8) is 0 Å². The van der Waals surface area contributed by atoms with Crippen LogP contribution in [0, 0.1) is 0 Å². The standard InChI is InChI=1S/C16H15NO3/c1-3-15-16(20-10-19-15)7-11(1)9-17-13-2-4-14-12(8-13)5-6-18-14/h1-4,7-8,17H,5-6,9-10H2. The zero-order valence-electron chi connectivity index (χ0n) is 11.0. The highest BCUT2D eigenvalue weighted by atomic mass is 16.7. The minimum atomic E-state index is 0.317. The van der Waals surface area contributed by atoms with E-state index in [2.05, 4.69) is 23.5 Å². The first-order valence-corrected chi connectivity index (χ1v) is 6.77. The van der Waals surface area contributed by atoms with E-state index in [9.17, 15) is 0 Å². The molecule has 0 atom stereocenters. The maximum absolute atomic E-state index is 5.51. The molecule has 20 heavy (non-hydrogen) atoms. The second-order valence-corrected chi connectivity index (χ2v) is 4.96. The number of rotatable bonds is 3. The minimum Gasteiger partial charge on any atom is -0.493 e. The summed E-state index contributed by atoms with van der Waals surface area (Å²) in [7, 11) is 0. The molecule has 102 valence electrons. The Morgan fingerprint density at radius 2 is 1.80 bits per heavy atom. The average molecular weight is 269 g/mol. The van der Waals surface area contributed by atoms with Gasteiger partial charge in [0.25, 0.3) is 0 Å². The predicted octanol–water partition coefficient (Wildman–Crippen LogP) is 2.96. The molecule has 0 amide bonds. The second-order valence-electron chi connectivity index (χ2n) is 4.96. The molecule has 0 aromatic heterocycles. The molecule has 0 radical (unpaired) electrons. The Bertz CT molecular complexity index is 597. The first-order chi connectivity index (χ1) is 9.88. The number of hydrogen-bond donors (Lipinski definition) is 1. The zero-order valence-corrected chi connectivity index (χ0v) is 11.0. The number of anilines is 1. The van der Waals surface area contributed by atoms with E-state index < -0.39 is 0 Å². The summed E-state index contributed by atoms with van der Waals surface area (Å²) in [5.41, 5.74) is 3.57. The molecule has 0 fully saturated rings. The van der Waals surface area contributed by atoms with Crippen LogP contribution in [0.1, 0.15) is 11.1 Å². The fourth-order valence-corrected chi connectivity index (χ4v) is 2.55. The molecule has 1 N–H and O–H groups in total. The van der Waals surface area contributed by atoms with Gasteiger partial charge in [-0.2, -0.15) is 0 Å². The molecule has 0 bridgehead atoms. The summed E-state index contributed by atoms with van der Waals surface area (Å²) < 4.78 is 16.2. The van der Waals surface area contributed by atoms with E-state index in [4.69, 9.17) is 14.2 Å². The van der Waals surface area contributed by atoms with Crippen LogP contribution in [0.15, 0.2) is 36.4 Å². The van der Waals surface area contributed by atoms with Gasteiger partial charge in [0.1, 0.15) is 5.75 Å². The van der Waals surface area contributed by atoms with Crippen molar-refractivity contribution in [2.75, 3.05) is 18.7 Å². The van der Waals surface area contributed by atoms with Crippen molar-refractivity contribution in [1.29, 1.82) is 0 Å². The highest BCUT2D eigenvalue weighted by Gasteiger charge is 2.14. The third-order valence-electron chi connectivity index (χ3n) is 3.62. The predicted molar refractivity (Wildman–Crippen MR) is 75.5 cm³/mol. The van der Waals surface area contributed by atoms with Gasteiger partial charge in [0.15, 0.2) is 11.5 Å². The molecule has 2 aliphatic heterocycles. The molecule has 4 rings (SSSR count). The Balaban J connectivity index is 1.47. The van der Waals surface area contributed by atoms with Crippen LogP contribution in [0.2, 0.25) is 0 Å². The third-order valence-corrected chi connectivity index (χ3v) is 3.62. The third kappa shape index (κ3) is 2.03. The van der Waals surface area contributed by atoms with E-state index in [1.807, 2.05) is 18.2 Å². The molecule has 0 unspecified atom stereocenters. The average Bonchev–Trinajstić information content (AvgIpc) is 3.12. The van der Waals surface area contributed by atoms with Gasteiger partial charge in [-0.3, -0.25) is 0 Å². The summed E-state index contributed by atoms with van der Waals surface area (Å²) >= 11 is 0. The van der Waals surface area contributed by atoms with Crippen molar-refractivity contribution in [2.45, 2.75) is 13.0 Å². The summed E-state index contributed by atoms with van der Waals surface area (Å²) in [5.74, 6) is 2.66. The largest absolute Gasteiger partial charge is 0.493 e. The molecule has 0 saturated carbocycles. The fraction of sp³-hybridized carbons (Fsp3) is 0.250. The zero-order chi connectivity index (χ0) is 13.4. The van der Waals surface area contributed by atoms with Crippen molar-refractivity contribution in [2.24, 2.45) is 0 Å². The van der Waals surface area contributed by atoms with Crippen LogP contribution in [-0.2, 0) is 13.0 Å². The Hall–Kier alpha value is -2.36. The van der Waals surface area contributed by atoms with Crippen LogP contribution in [-0.4, -0.2) is 13.4 Å². The Morgan fingerprint density at radius 3 is 2.80 bits per heavy atom. The lowest BCUT2D eigenvalue weighted by Gasteiger charge is -2.08. The molecule has 0 saturated heterocycles. The van der Waals surface area contributed by atoms with Gasteiger partial charge in [-0.15, -0.1) is 0 Å². The summed E-state index contributed by atoms with van der Waals surface area (Å²) in [5, 5.41) is 3.43. The van der Waals surface area contributed by atoms with Crippen molar-refractivity contribution in [1.82, 2.24) is 0 Å².